The summed E-state index contributed by atoms with van der Waals surface area (Å²) in [4.78, 5) is 12.5. The normalized spacial score (nSPS) is 15.2. The molecule has 0 bridgehead atoms. The molecule has 3 rings (SSSR count). The second-order valence-corrected chi connectivity index (χ2v) is 11.6. The number of alkyl halides is 3. The first-order valence-corrected chi connectivity index (χ1v) is 13.8. The van der Waals surface area contributed by atoms with Crippen molar-refractivity contribution in [3.8, 4) is 0 Å². The molecule has 2 aromatic carbocycles. The maximum Gasteiger partial charge on any atom is 0.417 e. The van der Waals surface area contributed by atoms with Crippen molar-refractivity contribution in [2.45, 2.75) is 48.4 Å². The molecule has 0 saturated heterocycles. The van der Waals surface area contributed by atoms with E-state index in [0.717, 1.165) is 25.0 Å². The van der Waals surface area contributed by atoms with E-state index >= 15 is 0 Å². The van der Waals surface area contributed by atoms with Gasteiger partial charge in [0.1, 0.15) is 6.54 Å². The van der Waals surface area contributed by atoms with Gasteiger partial charge in [-0.3, -0.25) is 9.10 Å². The second-order valence-electron chi connectivity index (χ2n) is 7.97. The van der Waals surface area contributed by atoms with E-state index in [1.54, 1.807) is 17.8 Å². The molecule has 186 valence electrons. The molecule has 0 aromatic heterocycles. The van der Waals surface area contributed by atoms with Crippen molar-refractivity contribution >= 4 is 45.0 Å². The topological polar surface area (TPSA) is 66.5 Å². The molecular weight excluding hydrogens is 509 g/mol. The highest BCUT2D eigenvalue weighted by atomic mass is 35.5. The van der Waals surface area contributed by atoms with E-state index in [-0.39, 0.29) is 10.6 Å². The lowest BCUT2D eigenvalue weighted by atomic mass is 10.0. The number of benzene rings is 2. The summed E-state index contributed by atoms with van der Waals surface area (Å²) in [7, 11) is -4.32. The first-order valence-electron chi connectivity index (χ1n) is 10.9. The fraction of sp³-hybridized carbons (Fsp3) is 0.435. The summed E-state index contributed by atoms with van der Waals surface area (Å²) in [5, 5.41) is 2.70. The molecule has 1 N–H and O–H groups in total. The molecular formula is C23H26ClF3N2O3S2. The predicted molar refractivity (Wildman–Crippen MR) is 130 cm³/mol. The van der Waals surface area contributed by atoms with Crippen molar-refractivity contribution in [1.82, 2.24) is 5.32 Å². The Morgan fingerprint density at radius 2 is 1.76 bits per heavy atom. The van der Waals surface area contributed by atoms with Crippen LogP contribution in [0.4, 0.5) is 18.9 Å². The molecule has 1 aliphatic rings. The zero-order chi connectivity index (χ0) is 24.8. The number of hydrogen-bond acceptors (Lipinski definition) is 4. The van der Waals surface area contributed by atoms with Gasteiger partial charge in [-0.1, -0.05) is 49.1 Å². The second kappa shape index (κ2) is 11.7. The van der Waals surface area contributed by atoms with Crippen LogP contribution < -0.4 is 9.62 Å². The molecule has 0 heterocycles. The molecule has 0 atom stereocenters. The van der Waals surface area contributed by atoms with E-state index in [1.165, 1.54) is 43.5 Å². The minimum absolute atomic E-state index is 0.140. The van der Waals surface area contributed by atoms with Gasteiger partial charge in [-0.05, 0) is 43.2 Å². The van der Waals surface area contributed by atoms with Crippen LogP contribution in [-0.4, -0.2) is 38.4 Å². The van der Waals surface area contributed by atoms with Crippen LogP contribution in [0.15, 0.2) is 53.4 Å². The van der Waals surface area contributed by atoms with Gasteiger partial charge in [0.25, 0.3) is 10.0 Å². The highest BCUT2D eigenvalue weighted by molar-refractivity contribution is 7.99. The van der Waals surface area contributed by atoms with E-state index < -0.39 is 39.2 Å². The molecule has 1 aliphatic carbocycles. The lowest BCUT2D eigenvalue weighted by Crippen LogP contribution is -2.41. The quantitative estimate of drug-likeness (QED) is 0.417. The monoisotopic (exact) mass is 534 g/mol. The van der Waals surface area contributed by atoms with E-state index in [1.807, 2.05) is 0 Å². The van der Waals surface area contributed by atoms with Crippen LogP contribution in [0.3, 0.4) is 0 Å². The zero-order valence-corrected chi connectivity index (χ0v) is 20.7. The molecule has 0 aliphatic heterocycles. The summed E-state index contributed by atoms with van der Waals surface area (Å²) in [6.07, 6.45) is 1.18. The zero-order valence-electron chi connectivity index (χ0n) is 18.4. The van der Waals surface area contributed by atoms with Crippen LogP contribution in [0.5, 0.6) is 0 Å². The molecule has 1 amide bonds. The van der Waals surface area contributed by atoms with Gasteiger partial charge in [0.05, 0.1) is 21.2 Å². The number of halogens is 4. The molecule has 1 saturated carbocycles. The van der Waals surface area contributed by atoms with Crippen LogP contribution in [0.1, 0.15) is 37.7 Å². The van der Waals surface area contributed by atoms with Gasteiger partial charge in [0.2, 0.25) is 5.91 Å². The first kappa shape index (κ1) is 26.7. The van der Waals surface area contributed by atoms with Crippen LogP contribution in [0.25, 0.3) is 0 Å². The minimum atomic E-state index is -4.78. The summed E-state index contributed by atoms with van der Waals surface area (Å²) >= 11 is 7.48. The van der Waals surface area contributed by atoms with Crippen LogP contribution in [0, 0.1) is 0 Å². The Labute approximate surface area is 207 Å². The third-order valence-corrected chi connectivity index (χ3v) is 8.99. The molecule has 0 unspecified atom stereocenters. The highest BCUT2D eigenvalue weighted by Gasteiger charge is 2.35. The van der Waals surface area contributed by atoms with Gasteiger partial charge in [-0.15, -0.1) is 0 Å². The Kier molecular flexibility index (Phi) is 9.17. The summed E-state index contributed by atoms with van der Waals surface area (Å²) in [6.45, 7) is -0.322. The molecule has 11 heteroatoms. The Morgan fingerprint density at radius 1 is 1.09 bits per heavy atom. The third-order valence-electron chi connectivity index (χ3n) is 5.49. The Hall–Kier alpha value is -1.91. The number of rotatable bonds is 9. The Bertz CT molecular complexity index is 1080. The average Bonchev–Trinajstić information content (AvgIpc) is 2.81. The van der Waals surface area contributed by atoms with Gasteiger partial charge in [-0.2, -0.15) is 24.9 Å². The molecule has 0 spiro atoms. The van der Waals surface area contributed by atoms with Crippen molar-refractivity contribution in [2.75, 3.05) is 23.1 Å². The van der Waals surface area contributed by atoms with Gasteiger partial charge in [-0.25, -0.2) is 8.42 Å². The smallest absolute Gasteiger partial charge is 0.354 e. The SMILES string of the molecule is O=C(CN(c1ccc(Cl)c(C(F)(F)F)c1)S(=O)(=O)c1ccccc1)NCCSC1CCCCC1. The number of hydrogen-bond donors (Lipinski definition) is 1. The summed E-state index contributed by atoms with van der Waals surface area (Å²) in [5.41, 5.74) is -1.48. The number of nitrogens with one attached hydrogen (secondary N) is 1. The molecule has 0 radical (unpaired) electrons. The predicted octanol–water partition coefficient (Wildman–Crippen LogP) is 5.74. The number of carbonyl (C=O) groups excluding carboxylic acids is 1. The first-order chi connectivity index (χ1) is 16.1. The van der Waals surface area contributed by atoms with Crippen LogP contribution in [-0.2, 0) is 21.0 Å². The van der Waals surface area contributed by atoms with E-state index in [0.29, 0.717) is 27.9 Å². The van der Waals surface area contributed by atoms with Gasteiger partial charge in [0.15, 0.2) is 0 Å². The van der Waals surface area contributed by atoms with E-state index in [9.17, 15) is 26.4 Å². The third kappa shape index (κ3) is 7.05. The maximum absolute atomic E-state index is 13.4. The highest BCUT2D eigenvalue weighted by Crippen LogP contribution is 2.38. The number of thioether (sulfide) groups is 1. The van der Waals surface area contributed by atoms with Crippen LogP contribution >= 0.6 is 23.4 Å². The number of carbonyl (C=O) groups is 1. The minimum Gasteiger partial charge on any atom is -0.354 e. The largest absolute Gasteiger partial charge is 0.417 e. The summed E-state index contributed by atoms with van der Waals surface area (Å²) in [6, 6.07) is 10.0. The summed E-state index contributed by atoms with van der Waals surface area (Å²) in [5.74, 6) is 0.0772. The Balaban J connectivity index is 1.78. The maximum atomic E-state index is 13.4. The lowest BCUT2D eigenvalue weighted by molar-refractivity contribution is -0.137. The van der Waals surface area contributed by atoms with Crippen LogP contribution in [0.2, 0.25) is 5.02 Å². The van der Waals surface area contributed by atoms with Gasteiger partial charge in [0, 0.05) is 17.5 Å². The number of amides is 1. The van der Waals surface area contributed by atoms with Crippen molar-refractivity contribution in [3.63, 3.8) is 0 Å². The molecule has 1 fully saturated rings. The fourth-order valence-corrected chi connectivity index (χ4v) is 6.63. The van der Waals surface area contributed by atoms with E-state index in [4.69, 9.17) is 11.6 Å². The number of anilines is 1. The lowest BCUT2D eigenvalue weighted by Gasteiger charge is -2.25. The van der Waals surface area contributed by atoms with Gasteiger partial charge >= 0.3 is 6.18 Å². The van der Waals surface area contributed by atoms with Crippen molar-refractivity contribution in [2.24, 2.45) is 0 Å². The molecule has 34 heavy (non-hydrogen) atoms. The van der Waals surface area contributed by atoms with Gasteiger partial charge < -0.3 is 5.32 Å². The van der Waals surface area contributed by atoms with E-state index in [2.05, 4.69) is 5.32 Å². The number of sulfonamides is 1. The Morgan fingerprint density at radius 3 is 2.41 bits per heavy atom. The molecule has 5 nitrogen and oxygen atoms in total. The summed E-state index contributed by atoms with van der Waals surface area (Å²) < 4.78 is 67.4. The number of nitrogens with zero attached hydrogens (tertiary/aromatic N) is 1. The molecule has 2 aromatic rings. The standard InChI is InChI=1S/C23H26ClF3N2O3S2/c24-21-12-11-17(15-20(21)23(25,26)27)29(34(31,32)19-9-5-2-6-10-19)16-22(30)28-13-14-33-18-7-3-1-4-8-18/h2,5-6,9-12,15,18H,1,3-4,7-8,13-14,16H2,(H,28,30). The fourth-order valence-electron chi connectivity index (χ4n) is 3.75. The van der Waals surface area contributed by atoms with Crippen molar-refractivity contribution < 1.29 is 26.4 Å². The average molecular weight is 535 g/mol. The van der Waals surface area contributed by atoms with Crippen molar-refractivity contribution in [3.05, 3.63) is 59.1 Å². The van der Waals surface area contributed by atoms with Crippen molar-refractivity contribution in [1.29, 1.82) is 0 Å².